The third-order valence-electron chi connectivity index (χ3n) is 5.75. The summed E-state index contributed by atoms with van der Waals surface area (Å²) in [5.41, 5.74) is 5.29. The van der Waals surface area contributed by atoms with Crippen LogP contribution in [0.2, 0.25) is 0 Å². The number of aliphatic carboxylic acids is 1. The summed E-state index contributed by atoms with van der Waals surface area (Å²) in [6, 6.07) is 14.2. The van der Waals surface area contributed by atoms with E-state index in [1.54, 1.807) is 37.3 Å². The number of aliphatic hydroxyl groups is 3. The average Bonchev–Trinajstić information content (AvgIpc) is 2.76. The molecule has 1 heterocycles. The van der Waals surface area contributed by atoms with E-state index in [4.69, 9.17) is 20.3 Å². The molecular weight excluding hydrogens is 402 g/mol. The highest BCUT2D eigenvalue weighted by atomic mass is 16.7. The Morgan fingerprint density at radius 2 is 2.00 bits per heavy atom. The lowest BCUT2D eigenvalue weighted by Crippen LogP contribution is -2.64. The fraction of sp³-hybridized carbons (Fsp3) is 0.435. The Morgan fingerprint density at radius 3 is 2.68 bits per heavy atom. The van der Waals surface area contributed by atoms with Gasteiger partial charge >= 0.3 is 5.97 Å². The number of ether oxygens (including phenoxy) is 2. The van der Waals surface area contributed by atoms with E-state index in [0.717, 1.165) is 5.56 Å². The molecule has 0 radical (unpaired) electrons. The maximum atomic E-state index is 11.1. The van der Waals surface area contributed by atoms with Crippen LogP contribution in [0.3, 0.4) is 0 Å². The van der Waals surface area contributed by atoms with Crippen molar-refractivity contribution in [1.29, 1.82) is 0 Å². The summed E-state index contributed by atoms with van der Waals surface area (Å²) in [6.45, 7) is 1.34. The lowest BCUT2D eigenvalue weighted by molar-refractivity contribution is -0.302. The number of carboxylic acids is 1. The first kappa shape index (κ1) is 23.2. The van der Waals surface area contributed by atoms with Gasteiger partial charge in [0.25, 0.3) is 0 Å². The molecule has 1 aliphatic heterocycles. The van der Waals surface area contributed by atoms with Crippen molar-refractivity contribution in [2.45, 2.75) is 49.8 Å². The number of para-hydroxylation sites is 1. The van der Waals surface area contributed by atoms with Crippen molar-refractivity contribution in [2.75, 3.05) is 13.2 Å². The van der Waals surface area contributed by atoms with Gasteiger partial charge in [0.15, 0.2) is 5.60 Å². The minimum absolute atomic E-state index is 0.111. The Bertz CT molecular complexity index is 920. The highest BCUT2D eigenvalue weighted by Crippen LogP contribution is 2.40. The first-order chi connectivity index (χ1) is 14.7. The molecule has 3 rings (SSSR count). The van der Waals surface area contributed by atoms with Gasteiger partial charge in [0.05, 0.1) is 18.6 Å². The summed E-state index contributed by atoms with van der Waals surface area (Å²) in [7, 11) is 0. The zero-order chi connectivity index (χ0) is 22.6. The predicted octanol–water partition coefficient (Wildman–Crippen LogP) is 1.30. The predicted molar refractivity (Wildman–Crippen MR) is 113 cm³/mol. The molecule has 4 atom stereocenters. The number of hydrogen-bond donors (Lipinski definition) is 5. The maximum Gasteiger partial charge on any atom is 0.307 e. The number of aliphatic hydroxyl groups excluding tert-OH is 2. The molecule has 0 amide bonds. The minimum Gasteiger partial charge on any atom is -0.481 e. The van der Waals surface area contributed by atoms with Crippen LogP contribution >= 0.6 is 0 Å². The Kier molecular flexibility index (Phi) is 6.98. The number of rotatable bonds is 8. The van der Waals surface area contributed by atoms with Crippen LogP contribution in [0.4, 0.5) is 0 Å². The molecule has 1 saturated heterocycles. The molecule has 8 nitrogen and oxygen atoms in total. The van der Waals surface area contributed by atoms with E-state index >= 15 is 0 Å². The normalized spacial score (nSPS) is 26.9. The van der Waals surface area contributed by atoms with E-state index < -0.39 is 36.2 Å². The standard InChI is InChI=1S/C23H29NO7/c1-22(14-24)9-10-23(29,19(26)13-25)21(31-22)30-18-8-3-2-7-17(18)16-6-4-5-15(11-16)12-20(27)28/h2-8,11,19,21,25-26,29H,9-10,12-14,24H2,1H3,(H,27,28). The summed E-state index contributed by atoms with van der Waals surface area (Å²) in [6.07, 6.45) is -2.34. The molecule has 2 aromatic carbocycles. The Labute approximate surface area is 180 Å². The molecule has 4 unspecified atom stereocenters. The first-order valence-corrected chi connectivity index (χ1v) is 10.2. The average molecular weight is 431 g/mol. The molecule has 6 N–H and O–H groups in total. The zero-order valence-electron chi connectivity index (χ0n) is 17.4. The molecule has 8 heteroatoms. The second-order valence-corrected chi connectivity index (χ2v) is 8.18. The van der Waals surface area contributed by atoms with Crippen molar-refractivity contribution in [1.82, 2.24) is 0 Å². The minimum atomic E-state index is -1.83. The molecule has 1 aliphatic rings. The van der Waals surface area contributed by atoms with Crippen LogP contribution in [-0.2, 0) is 16.0 Å². The molecule has 0 bridgehead atoms. The van der Waals surface area contributed by atoms with Gasteiger partial charge < -0.3 is 35.6 Å². The van der Waals surface area contributed by atoms with Gasteiger partial charge in [0, 0.05) is 12.1 Å². The van der Waals surface area contributed by atoms with E-state index in [2.05, 4.69) is 0 Å². The summed E-state index contributed by atoms with van der Waals surface area (Å²) >= 11 is 0. The largest absolute Gasteiger partial charge is 0.481 e. The van der Waals surface area contributed by atoms with Gasteiger partial charge in [0.1, 0.15) is 11.9 Å². The van der Waals surface area contributed by atoms with Crippen molar-refractivity contribution in [3.63, 3.8) is 0 Å². The van der Waals surface area contributed by atoms with Gasteiger partial charge in [0.2, 0.25) is 6.29 Å². The SMILES string of the molecule is CC1(CN)CCC(O)(C(O)CO)C(Oc2ccccc2-c2cccc(CC(=O)O)c2)O1. The van der Waals surface area contributed by atoms with Gasteiger partial charge in [-0.1, -0.05) is 42.5 Å². The Morgan fingerprint density at radius 1 is 1.26 bits per heavy atom. The first-order valence-electron chi connectivity index (χ1n) is 10.2. The molecule has 0 saturated carbocycles. The smallest absolute Gasteiger partial charge is 0.307 e. The van der Waals surface area contributed by atoms with Crippen LogP contribution in [0.1, 0.15) is 25.3 Å². The molecule has 2 aromatic rings. The second-order valence-electron chi connectivity index (χ2n) is 8.18. The van der Waals surface area contributed by atoms with Crippen LogP contribution in [-0.4, -0.2) is 63.1 Å². The summed E-state index contributed by atoms with van der Waals surface area (Å²) in [5, 5.41) is 40.0. The third-order valence-corrected chi connectivity index (χ3v) is 5.75. The van der Waals surface area contributed by atoms with E-state index in [1.807, 2.05) is 18.2 Å². The van der Waals surface area contributed by atoms with E-state index in [1.165, 1.54) is 0 Å². The molecule has 0 aliphatic carbocycles. The summed E-state index contributed by atoms with van der Waals surface area (Å²) in [5.74, 6) is -0.550. The third kappa shape index (κ3) is 5.06. The molecule has 0 aromatic heterocycles. The van der Waals surface area contributed by atoms with Crippen LogP contribution in [0.5, 0.6) is 5.75 Å². The maximum absolute atomic E-state index is 11.1. The lowest BCUT2D eigenvalue weighted by Gasteiger charge is -2.48. The van der Waals surface area contributed by atoms with Crippen LogP contribution < -0.4 is 10.5 Å². The zero-order valence-corrected chi connectivity index (χ0v) is 17.4. The molecular formula is C23H29NO7. The van der Waals surface area contributed by atoms with Crippen molar-refractivity contribution in [2.24, 2.45) is 5.73 Å². The monoisotopic (exact) mass is 431 g/mol. The number of carbonyl (C=O) groups is 1. The fourth-order valence-electron chi connectivity index (χ4n) is 3.71. The van der Waals surface area contributed by atoms with Gasteiger partial charge in [-0.05, 0) is 37.0 Å². The second kappa shape index (κ2) is 9.33. The highest BCUT2D eigenvalue weighted by molar-refractivity contribution is 5.74. The van der Waals surface area contributed by atoms with Crippen molar-refractivity contribution < 1.29 is 34.7 Å². The fourth-order valence-corrected chi connectivity index (χ4v) is 3.71. The van der Waals surface area contributed by atoms with Crippen LogP contribution in [0, 0.1) is 0 Å². The molecule has 1 fully saturated rings. The van der Waals surface area contributed by atoms with Crippen molar-refractivity contribution in [3.05, 3.63) is 54.1 Å². The highest BCUT2D eigenvalue weighted by Gasteiger charge is 2.53. The van der Waals surface area contributed by atoms with E-state index in [0.29, 0.717) is 23.3 Å². The number of carboxylic acid groups (broad SMARTS) is 1. The Balaban J connectivity index is 1.97. The van der Waals surface area contributed by atoms with Crippen LogP contribution in [0.25, 0.3) is 11.1 Å². The number of hydrogen-bond acceptors (Lipinski definition) is 7. The quantitative estimate of drug-likeness (QED) is 0.421. The van der Waals surface area contributed by atoms with E-state index in [9.17, 15) is 20.1 Å². The number of nitrogens with two attached hydrogens (primary N) is 1. The molecule has 0 spiro atoms. The van der Waals surface area contributed by atoms with Crippen LogP contribution in [0.15, 0.2) is 48.5 Å². The molecule has 31 heavy (non-hydrogen) atoms. The van der Waals surface area contributed by atoms with Gasteiger partial charge in [-0.3, -0.25) is 4.79 Å². The molecule has 168 valence electrons. The Hall–Kier alpha value is -2.49. The van der Waals surface area contributed by atoms with Gasteiger partial charge in [-0.2, -0.15) is 0 Å². The van der Waals surface area contributed by atoms with Crippen molar-refractivity contribution >= 4 is 5.97 Å². The summed E-state index contributed by atoms with van der Waals surface area (Å²) < 4.78 is 12.1. The van der Waals surface area contributed by atoms with E-state index in [-0.39, 0.29) is 19.4 Å². The van der Waals surface area contributed by atoms with Crippen molar-refractivity contribution in [3.8, 4) is 16.9 Å². The lowest BCUT2D eigenvalue weighted by atomic mass is 9.82. The van der Waals surface area contributed by atoms with Gasteiger partial charge in [-0.25, -0.2) is 0 Å². The van der Waals surface area contributed by atoms with Gasteiger partial charge in [-0.15, -0.1) is 0 Å². The summed E-state index contributed by atoms with van der Waals surface area (Å²) in [4.78, 5) is 11.1. The number of benzene rings is 2. The topological polar surface area (TPSA) is 142 Å².